The van der Waals surface area contributed by atoms with Gasteiger partial charge in [-0.3, -0.25) is 9.67 Å². The summed E-state index contributed by atoms with van der Waals surface area (Å²) in [7, 11) is 3.59. The maximum Gasteiger partial charge on any atom is 0.193 e. The zero-order valence-electron chi connectivity index (χ0n) is 14.0. The van der Waals surface area contributed by atoms with Crippen molar-refractivity contribution in [3.05, 3.63) is 41.2 Å². The van der Waals surface area contributed by atoms with Crippen molar-refractivity contribution in [2.24, 2.45) is 17.8 Å². The summed E-state index contributed by atoms with van der Waals surface area (Å²) in [6, 6.07) is 7.54. The second-order valence-electron chi connectivity index (χ2n) is 5.14. The zero-order valence-corrected chi connectivity index (χ0v) is 16.3. The zero-order chi connectivity index (χ0) is 16.1. The van der Waals surface area contributed by atoms with E-state index >= 15 is 0 Å². The molecule has 0 radical (unpaired) electrons. The Labute approximate surface area is 154 Å². The molecule has 2 aromatic rings. The maximum absolute atomic E-state index is 5.91. The first-order valence-corrected chi connectivity index (χ1v) is 7.21. The number of aryl methyl sites for hydroxylation is 2. The average Bonchev–Trinajstić information content (AvgIpc) is 2.74. The molecule has 3 N–H and O–H groups in total. The fraction of sp³-hybridized carbons (Fsp3) is 0.375. The molecule has 0 spiro atoms. The molecule has 0 amide bonds. The number of nitrogens with zero attached hydrogens (tertiary/aromatic N) is 3. The van der Waals surface area contributed by atoms with Crippen LogP contribution in [0.3, 0.4) is 0 Å². The second-order valence-corrected chi connectivity index (χ2v) is 5.14. The van der Waals surface area contributed by atoms with Gasteiger partial charge in [0.2, 0.25) is 0 Å². The first-order valence-electron chi connectivity index (χ1n) is 7.21. The summed E-state index contributed by atoms with van der Waals surface area (Å²) in [5, 5.41) is 7.47. The highest BCUT2D eigenvalue weighted by atomic mass is 127. The molecule has 0 atom stereocenters. The van der Waals surface area contributed by atoms with Crippen LogP contribution in [0.25, 0.3) is 0 Å². The quantitative estimate of drug-likeness (QED) is 0.435. The van der Waals surface area contributed by atoms with Gasteiger partial charge < -0.3 is 15.8 Å². The number of hydrogen-bond donors (Lipinski definition) is 2. The number of aliphatic imine (C=N–C) groups is 1. The van der Waals surface area contributed by atoms with Crippen LogP contribution in [0.1, 0.15) is 17.0 Å². The molecule has 126 valence electrons. The van der Waals surface area contributed by atoms with Gasteiger partial charge in [-0.15, -0.1) is 24.0 Å². The van der Waals surface area contributed by atoms with Crippen molar-refractivity contribution in [1.82, 2.24) is 9.78 Å². The van der Waals surface area contributed by atoms with Crippen molar-refractivity contribution >= 4 is 35.6 Å². The van der Waals surface area contributed by atoms with Crippen LogP contribution in [0.15, 0.2) is 29.3 Å². The molecule has 2 rings (SSSR count). The number of hydrogen-bond acceptors (Lipinski definition) is 3. The van der Waals surface area contributed by atoms with E-state index in [2.05, 4.69) is 22.3 Å². The van der Waals surface area contributed by atoms with Crippen LogP contribution in [0, 0.1) is 13.8 Å². The van der Waals surface area contributed by atoms with Crippen LogP contribution in [0.2, 0.25) is 0 Å². The van der Waals surface area contributed by atoms with Crippen LogP contribution >= 0.6 is 24.0 Å². The smallest absolute Gasteiger partial charge is 0.193 e. The summed E-state index contributed by atoms with van der Waals surface area (Å²) in [5.74, 6) is 1.22. The lowest BCUT2D eigenvalue weighted by Gasteiger charge is -2.07. The summed E-state index contributed by atoms with van der Waals surface area (Å²) < 4.78 is 7.01. The predicted molar refractivity (Wildman–Crippen MR) is 105 cm³/mol. The summed E-state index contributed by atoms with van der Waals surface area (Å²) in [5.41, 5.74) is 10.3. The van der Waals surface area contributed by atoms with E-state index in [1.54, 1.807) is 7.11 Å². The molecule has 0 aliphatic rings. The van der Waals surface area contributed by atoms with Gasteiger partial charge in [-0.25, -0.2) is 0 Å². The van der Waals surface area contributed by atoms with Crippen LogP contribution < -0.4 is 15.8 Å². The molecule has 0 aliphatic carbocycles. The van der Waals surface area contributed by atoms with Crippen LogP contribution in [-0.4, -0.2) is 29.4 Å². The van der Waals surface area contributed by atoms with E-state index in [0.717, 1.165) is 23.6 Å². The summed E-state index contributed by atoms with van der Waals surface area (Å²) in [6.45, 7) is 4.71. The van der Waals surface area contributed by atoms with Crippen LogP contribution in [0.4, 0.5) is 5.69 Å². The van der Waals surface area contributed by atoms with E-state index in [1.165, 1.54) is 11.3 Å². The maximum atomic E-state index is 5.91. The Morgan fingerprint density at radius 3 is 2.48 bits per heavy atom. The fourth-order valence-electron chi connectivity index (χ4n) is 2.33. The lowest BCUT2D eigenvalue weighted by molar-refractivity contribution is 0.415. The molecule has 23 heavy (non-hydrogen) atoms. The normalized spacial score (nSPS) is 11.0. The highest BCUT2D eigenvalue weighted by Crippen LogP contribution is 2.15. The van der Waals surface area contributed by atoms with Crippen LogP contribution in [-0.2, 0) is 13.5 Å². The third-order valence-corrected chi connectivity index (χ3v) is 3.67. The van der Waals surface area contributed by atoms with Gasteiger partial charge in [0.25, 0.3) is 0 Å². The number of halogens is 1. The summed E-state index contributed by atoms with van der Waals surface area (Å²) in [4.78, 5) is 4.36. The number of guanidine groups is 1. The van der Waals surface area contributed by atoms with Crippen molar-refractivity contribution in [3.63, 3.8) is 0 Å². The molecule has 0 saturated heterocycles. The molecule has 0 saturated carbocycles. The van der Waals surface area contributed by atoms with Gasteiger partial charge >= 0.3 is 0 Å². The fourth-order valence-corrected chi connectivity index (χ4v) is 2.33. The lowest BCUT2D eigenvalue weighted by atomic mass is 10.1. The minimum Gasteiger partial charge on any atom is -0.497 e. The Hall–Kier alpha value is -1.77. The van der Waals surface area contributed by atoms with E-state index in [9.17, 15) is 0 Å². The first kappa shape index (κ1) is 19.3. The van der Waals surface area contributed by atoms with Crippen molar-refractivity contribution in [3.8, 4) is 5.75 Å². The molecule has 0 fully saturated rings. The molecule has 1 aromatic heterocycles. The number of aromatic nitrogens is 2. The monoisotopic (exact) mass is 429 g/mol. The van der Waals surface area contributed by atoms with Crippen LogP contribution in [0.5, 0.6) is 5.75 Å². The molecule has 0 unspecified atom stereocenters. The SMILES string of the molecule is COc1ccc(NC(N)=NCCc2c(C)nn(C)c2C)cc1.I. The van der Waals surface area contributed by atoms with Gasteiger partial charge in [0.05, 0.1) is 12.8 Å². The van der Waals surface area contributed by atoms with Gasteiger partial charge in [0.1, 0.15) is 5.75 Å². The van der Waals surface area contributed by atoms with Gasteiger partial charge in [-0.05, 0) is 50.1 Å². The van der Waals surface area contributed by atoms with Crippen molar-refractivity contribution < 1.29 is 4.74 Å². The van der Waals surface area contributed by atoms with Gasteiger partial charge in [0, 0.05) is 25.0 Å². The molecule has 7 heteroatoms. The topological polar surface area (TPSA) is 77.5 Å². The minimum atomic E-state index is 0. The highest BCUT2D eigenvalue weighted by molar-refractivity contribution is 14.0. The lowest BCUT2D eigenvalue weighted by Crippen LogP contribution is -2.23. The number of nitrogens with two attached hydrogens (primary N) is 1. The molecule has 1 heterocycles. The Kier molecular flexibility index (Phi) is 7.34. The summed E-state index contributed by atoms with van der Waals surface area (Å²) in [6.07, 6.45) is 0.830. The molecular weight excluding hydrogens is 405 g/mol. The Morgan fingerprint density at radius 2 is 1.96 bits per heavy atom. The van der Waals surface area contributed by atoms with E-state index in [1.807, 2.05) is 42.9 Å². The van der Waals surface area contributed by atoms with Crippen molar-refractivity contribution in [1.29, 1.82) is 0 Å². The second kappa shape index (κ2) is 8.76. The Morgan fingerprint density at radius 1 is 1.30 bits per heavy atom. The van der Waals surface area contributed by atoms with Gasteiger partial charge in [0.15, 0.2) is 5.96 Å². The molecular formula is C16H24IN5O. The number of nitrogens with one attached hydrogen (secondary N) is 1. The minimum absolute atomic E-state index is 0. The largest absolute Gasteiger partial charge is 0.497 e. The molecule has 0 bridgehead atoms. The van der Waals surface area contributed by atoms with E-state index in [0.29, 0.717) is 12.5 Å². The number of methoxy groups -OCH3 is 1. The summed E-state index contributed by atoms with van der Waals surface area (Å²) >= 11 is 0. The van der Waals surface area contributed by atoms with Gasteiger partial charge in [-0.1, -0.05) is 0 Å². The predicted octanol–water partition coefficient (Wildman–Crippen LogP) is 2.63. The third-order valence-electron chi connectivity index (χ3n) is 3.67. The Bertz CT molecular complexity index is 664. The van der Waals surface area contributed by atoms with E-state index < -0.39 is 0 Å². The van der Waals surface area contributed by atoms with Crippen molar-refractivity contribution in [2.45, 2.75) is 20.3 Å². The number of anilines is 1. The molecule has 0 aliphatic heterocycles. The first-order chi connectivity index (χ1) is 10.5. The van der Waals surface area contributed by atoms with Gasteiger partial charge in [-0.2, -0.15) is 5.10 Å². The molecule has 6 nitrogen and oxygen atoms in total. The number of ether oxygens (including phenoxy) is 1. The average molecular weight is 429 g/mol. The Balaban J connectivity index is 0.00000264. The number of rotatable bonds is 5. The molecule has 1 aromatic carbocycles. The van der Waals surface area contributed by atoms with Crippen molar-refractivity contribution in [2.75, 3.05) is 19.0 Å². The highest BCUT2D eigenvalue weighted by Gasteiger charge is 2.08. The number of benzene rings is 1. The third kappa shape index (κ3) is 5.12. The standard InChI is InChI=1S/C16H23N5O.HI/c1-11-15(12(2)21(3)20-11)9-10-18-16(17)19-13-5-7-14(22-4)8-6-13;/h5-8H,9-10H2,1-4H3,(H3,17,18,19);1H. The van der Waals surface area contributed by atoms with E-state index in [-0.39, 0.29) is 24.0 Å². The van der Waals surface area contributed by atoms with E-state index in [4.69, 9.17) is 10.5 Å².